The van der Waals surface area contributed by atoms with Crippen LogP contribution in [-0.2, 0) is 16.4 Å². The van der Waals surface area contributed by atoms with Gasteiger partial charge in [0.2, 0.25) is 0 Å². The fourth-order valence-electron chi connectivity index (χ4n) is 2.43. The van der Waals surface area contributed by atoms with Crippen molar-refractivity contribution in [1.29, 1.82) is 0 Å². The van der Waals surface area contributed by atoms with Crippen LogP contribution in [0.25, 0.3) is 10.9 Å². The summed E-state index contributed by atoms with van der Waals surface area (Å²) >= 11 is 0. The first-order valence-electron chi connectivity index (χ1n) is 7.42. The molecule has 0 aliphatic heterocycles. The van der Waals surface area contributed by atoms with Gasteiger partial charge in [0.1, 0.15) is 9.84 Å². The molecular weight excluding hydrogens is 296 g/mol. The largest absolute Gasteiger partial charge is 0.293 e. The molecule has 0 aliphatic carbocycles. The van der Waals surface area contributed by atoms with E-state index in [1.807, 2.05) is 24.3 Å². The Morgan fingerprint density at radius 1 is 1.14 bits per heavy atom. The van der Waals surface area contributed by atoms with Crippen molar-refractivity contribution >= 4 is 20.7 Å². The van der Waals surface area contributed by atoms with E-state index in [0.717, 1.165) is 16.5 Å². The summed E-state index contributed by atoms with van der Waals surface area (Å²) in [6.07, 6.45) is 3.08. The predicted molar refractivity (Wildman–Crippen MR) is 91.6 cm³/mol. The van der Waals surface area contributed by atoms with Gasteiger partial charge in [-0.2, -0.15) is 0 Å². The number of hydrogen-bond acceptors (Lipinski definition) is 4. The second kappa shape index (κ2) is 6.34. The van der Waals surface area contributed by atoms with Gasteiger partial charge in [-0.3, -0.25) is 9.88 Å². The van der Waals surface area contributed by atoms with Crippen LogP contribution >= 0.6 is 0 Å². The second-order valence-corrected chi connectivity index (χ2v) is 8.97. The number of benzene rings is 1. The Balaban J connectivity index is 2.29. The number of hydrogen-bond donors (Lipinski definition) is 0. The lowest BCUT2D eigenvalue weighted by Gasteiger charge is -2.35. The zero-order chi connectivity index (χ0) is 16.4. The average Bonchev–Trinajstić information content (AvgIpc) is 2.41. The first-order valence-corrected chi connectivity index (χ1v) is 9.48. The molecule has 0 unspecified atom stereocenters. The molecule has 2 rings (SSSR count). The molecule has 0 radical (unpaired) electrons. The number of nitrogens with zero attached hydrogens (tertiary/aromatic N) is 2. The Labute approximate surface area is 133 Å². The molecule has 2 aromatic rings. The van der Waals surface area contributed by atoms with E-state index in [0.29, 0.717) is 13.1 Å². The van der Waals surface area contributed by atoms with Gasteiger partial charge in [0, 0.05) is 36.5 Å². The van der Waals surface area contributed by atoms with Gasteiger partial charge in [-0.05, 0) is 32.4 Å². The number of fused-ring (bicyclic) bond motifs is 1. The van der Waals surface area contributed by atoms with Crippen LogP contribution in [0.1, 0.15) is 26.3 Å². The topological polar surface area (TPSA) is 50.3 Å². The molecule has 0 saturated heterocycles. The molecular formula is C17H24N2O2S. The highest BCUT2D eigenvalue weighted by Gasteiger charge is 2.23. The van der Waals surface area contributed by atoms with Crippen LogP contribution < -0.4 is 0 Å². The van der Waals surface area contributed by atoms with E-state index in [4.69, 9.17) is 0 Å². The van der Waals surface area contributed by atoms with Gasteiger partial charge in [-0.1, -0.05) is 24.3 Å². The molecule has 0 saturated carbocycles. The minimum absolute atomic E-state index is 0.109. The van der Waals surface area contributed by atoms with Crippen molar-refractivity contribution in [2.45, 2.75) is 32.9 Å². The van der Waals surface area contributed by atoms with Gasteiger partial charge < -0.3 is 0 Å². The summed E-state index contributed by atoms with van der Waals surface area (Å²) in [5, 5.41) is 1.11. The molecule has 0 atom stereocenters. The van der Waals surface area contributed by atoms with Crippen molar-refractivity contribution < 1.29 is 8.42 Å². The third kappa shape index (κ3) is 4.52. The van der Waals surface area contributed by atoms with Gasteiger partial charge in [-0.15, -0.1) is 0 Å². The highest BCUT2D eigenvalue weighted by Crippen LogP contribution is 2.22. The molecule has 22 heavy (non-hydrogen) atoms. The monoisotopic (exact) mass is 320 g/mol. The maximum absolute atomic E-state index is 11.5. The third-order valence-electron chi connectivity index (χ3n) is 3.76. The van der Waals surface area contributed by atoms with Gasteiger partial charge in [0.25, 0.3) is 0 Å². The van der Waals surface area contributed by atoms with Crippen molar-refractivity contribution in [2.24, 2.45) is 0 Å². The van der Waals surface area contributed by atoms with Gasteiger partial charge in [-0.25, -0.2) is 8.42 Å². The van der Waals surface area contributed by atoms with E-state index in [2.05, 4.69) is 36.7 Å². The van der Waals surface area contributed by atoms with Crippen molar-refractivity contribution in [3.8, 4) is 0 Å². The minimum atomic E-state index is -2.97. The smallest absolute Gasteiger partial charge is 0.148 e. The molecule has 4 nitrogen and oxygen atoms in total. The lowest BCUT2D eigenvalue weighted by molar-refractivity contribution is 0.137. The minimum Gasteiger partial charge on any atom is -0.293 e. The lowest BCUT2D eigenvalue weighted by Crippen LogP contribution is -2.43. The summed E-state index contributed by atoms with van der Waals surface area (Å²) in [6, 6.07) is 10.1. The molecule has 5 heteroatoms. The Morgan fingerprint density at radius 2 is 1.82 bits per heavy atom. The highest BCUT2D eigenvalue weighted by molar-refractivity contribution is 7.90. The maximum Gasteiger partial charge on any atom is 0.148 e. The summed E-state index contributed by atoms with van der Waals surface area (Å²) in [6.45, 7) is 7.52. The molecule has 0 amide bonds. The van der Waals surface area contributed by atoms with E-state index in [9.17, 15) is 8.42 Å². The summed E-state index contributed by atoms with van der Waals surface area (Å²) in [7, 11) is -2.97. The van der Waals surface area contributed by atoms with Gasteiger partial charge in [0.05, 0.1) is 11.3 Å². The number of rotatable bonds is 5. The van der Waals surface area contributed by atoms with E-state index in [1.54, 1.807) is 6.20 Å². The molecule has 0 bridgehead atoms. The van der Waals surface area contributed by atoms with Crippen LogP contribution in [0.4, 0.5) is 0 Å². The van der Waals surface area contributed by atoms with E-state index >= 15 is 0 Å². The Hall–Kier alpha value is -1.46. The van der Waals surface area contributed by atoms with Crippen molar-refractivity contribution in [1.82, 2.24) is 9.88 Å². The van der Waals surface area contributed by atoms with Crippen LogP contribution in [0.5, 0.6) is 0 Å². The SMILES string of the molecule is CC(C)(C)N(CCS(C)(=O)=O)Cc1cccc2cccnc12. The third-order valence-corrected chi connectivity index (χ3v) is 4.68. The fourth-order valence-corrected chi connectivity index (χ4v) is 2.98. The van der Waals surface area contributed by atoms with Crippen LogP contribution in [0.3, 0.4) is 0 Å². The maximum atomic E-state index is 11.5. The number of pyridine rings is 1. The van der Waals surface area contributed by atoms with Crippen molar-refractivity contribution in [3.05, 3.63) is 42.1 Å². The quantitative estimate of drug-likeness (QED) is 0.850. The predicted octanol–water partition coefficient (Wildman–Crippen LogP) is 2.88. The van der Waals surface area contributed by atoms with Crippen LogP contribution in [0, 0.1) is 0 Å². The molecule has 120 valence electrons. The Bertz CT molecular complexity index is 743. The standard InChI is InChI=1S/C17H24N2O2S/c1-17(2,3)19(11-12-22(4,20)21)13-15-8-5-7-14-9-6-10-18-16(14)15/h5-10H,11-13H2,1-4H3. The molecule has 0 fully saturated rings. The zero-order valence-corrected chi connectivity index (χ0v) is 14.5. The summed E-state index contributed by atoms with van der Waals surface area (Å²) < 4.78 is 23.0. The lowest BCUT2D eigenvalue weighted by atomic mass is 10.0. The van der Waals surface area contributed by atoms with E-state index in [1.165, 1.54) is 6.26 Å². The average molecular weight is 320 g/mol. The van der Waals surface area contributed by atoms with Gasteiger partial charge >= 0.3 is 0 Å². The van der Waals surface area contributed by atoms with Crippen molar-refractivity contribution in [2.75, 3.05) is 18.6 Å². The van der Waals surface area contributed by atoms with Crippen LogP contribution in [0.2, 0.25) is 0 Å². The fraction of sp³-hybridized carbons (Fsp3) is 0.471. The number of para-hydroxylation sites is 1. The molecule has 0 spiro atoms. The molecule has 1 aromatic heterocycles. The molecule has 0 N–H and O–H groups in total. The normalized spacial score (nSPS) is 13.0. The van der Waals surface area contributed by atoms with Crippen LogP contribution in [0.15, 0.2) is 36.5 Å². The molecule has 1 heterocycles. The summed E-state index contributed by atoms with van der Waals surface area (Å²) in [5.41, 5.74) is 2.00. The first kappa shape index (κ1) is 16.9. The van der Waals surface area contributed by atoms with Gasteiger partial charge in [0.15, 0.2) is 0 Å². The Kier molecular flexibility index (Phi) is 4.87. The second-order valence-electron chi connectivity index (χ2n) is 6.71. The Morgan fingerprint density at radius 3 is 2.45 bits per heavy atom. The van der Waals surface area contributed by atoms with E-state index < -0.39 is 9.84 Å². The zero-order valence-electron chi connectivity index (χ0n) is 13.7. The summed E-state index contributed by atoms with van der Waals surface area (Å²) in [5.74, 6) is 0.169. The highest BCUT2D eigenvalue weighted by atomic mass is 32.2. The van der Waals surface area contributed by atoms with Crippen molar-refractivity contribution in [3.63, 3.8) is 0 Å². The van der Waals surface area contributed by atoms with Crippen LogP contribution in [-0.4, -0.2) is 42.4 Å². The molecule has 1 aromatic carbocycles. The summed E-state index contributed by atoms with van der Waals surface area (Å²) in [4.78, 5) is 6.67. The first-order chi connectivity index (χ1) is 10.2. The number of sulfone groups is 1. The number of aromatic nitrogens is 1. The van der Waals surface area contributed by atoms with E-state index in [-0.39, 0.29) is 11.3 Å². The molecule has 0 aliphatic rings.